The summed E-state index contributed by atoms with van der Waals surface area (Å²) >= 11 is 0. The van der Waals surface area contributed by atoms with Crippen LogP contribution >= 0.6 is 0 Å². The number of hydrogen-bond donors (Lipinski definition) is 3. The second-order valence-corrected chi connectivity index (χ2v) is 5.02. The van der Waals surface area contributed by atoms with E-state index in [2.05, 4.69) is 10.6 Å². The monoisotopic (exact) mass is 309 g/mol. The predicted octanol–water partition coefficient (Wildman–Crippen LogP) is 1.25. The van der Waals surface area contributed by atoms with Gasteiger partial charge in [0.1, 0.15) is 6.04 Å². The molecule has 0 aliphatic heterocycles. The van der Waals surface area contributed by atoms with E-state index in [1.165, 1.54) is 0 Å². The Bertz CT molecular complexity index is 560. The molecule has 1 rings (SSSR count). The molecule has 2 atom stereocenters. The average molecular weight is 309 g/mol. The van der Waals surface area contributed by atoms with Gasteiger partial charge in [-0.15, -0.1) is 0 Å². The molecule has 4 N–H and O–H groups in total. The van der Waals surface area contributed by atoms with Crippen molar-refractivity contribution in [1.29, 1.82) is 0 Å². The Hall–Kier alpha value is -2.44. The highest BCUT2D eigenvalue weighted by Crippen LogP contribution is 2.32. The van der Waals surface area contributed by atoms with Gasteiger partial charge in [0, 0.05) is 0 Å². The van der Waals surface area contributed by atoms with Crippen molar-refractivity contribution in [3.63, 3.8) is 0 Å². The zero-order chi connectivity index (χ0) is 16.9. The van der Waals surface area contributed by atoms with Gasteiger partial charge in [0.15, 0.2) is 11.5 Å². The summed E-state index contributed by atoms with van der Waals surface area (Å²) in [5.74, 6) is 0.902. The molecule has 0 fully saturated rings. The van der Waals surface area contributed by atoms with Gasteiger partial charge < -0.3 is 25.8 Å². The molecule has 0 radical (unpaired) electrons. The van der Waals surface area contributed by atoms with Crippen LogP contribution in [0.4, 0.5) is 4.79 Å². The Balaban J connectivity index is 2.91. The highest BCUT2D eigenvalue weighted by molar-refractivity contribution is 5.86. The van der Waals surface area contributed by atoms with Gasteiger partial charge in [0.05, 0.1) is 20.3 Å². The number of aryl methyl sites for hydroxylation is 1. The number of nitrogens with one attached hydrogen (secondary N) is 2. The maximum atomic E-state index is 12.0. The number of nitrogens with two attached hydrogens (primary N) is 1. The first-order valence-corrected chi connectivity index (χ1v) is 6.89. The summed E-state index contributed by atoms with van der Waals surface area (Å²) in [5.41, 5.74) is 6.87. The van der Waals surface area contributed by atoms with Crippen LogP contribution in [0.1, 0.15) is 31.0 Å². The summed E-state index contributed by atoms with van der Waals surface area (Å²) in [7, 11) is 3.12. The number of rotatable bonds is 6. The summed E-state index contributed by atoms with van der Waals surface area (Å²) in [5, 5.41) is 5.16. The molecule has 0 unspecified atom stereocenters. The SMILES string of the molecule is COc1cc(C)c([C@H](C)NC(=O)[C@H](C)NC(N)=O)cc1OC. The molecule has 7 nitrogen and oxygen atoms in total. The molecule has 7 heteroatoms. The van der Waals surface area contributed by atoms with E-state index in [0.29, 0.717) is 11.5 Å². The van der Waals surface area contributed by atoms with Crippen molar-refractivity contribution < 1.29 is 19.1 Å². The number of amides is 3. The van der Waals surface area contributed by atoms with E-state index >= 15 is 0 Å². The lowest BCUT2D eigenvalue weighted by Crippen LogP contribution is -2.47. The second kappa shape index (κ2) is 7.53. The van der Waals surface area contributed by atoms with Crippen LogP contribution in [0, 0.1) is 6.92 Å². The van der Waals surface area contributed by atoms with Gasteiger partial charge in [-0.25, -0.2) is 4.79 Å². The van der Waals surface area contributed by atoms with Crippen molar-refractivity contribution in [2.24, 2.45) is 5.73 Å². The minimum Gasteiger partial charge on any atom is -0.493 e. The van der Waals surface area contributed by atoms with Crippen LogP contribution in [0.3, 0.4) is 0 Å². The first-order valence-electron chi connectivity index (χ1n) is 6.89. The van der Waals surface area contributed by atoms with Gasteiger partial charge in [0.2, 0.25) is 5.91 Å². The average Bonchev–Trinajstić information content (AvgIpc) is 2.45. The van der Waals surface area contributed by atoms with Crippen LogP contribution < -0.4 is 25.8 Å². The van der Waals surface area contributed by atoms with Gasteiger partial charge in [-0.1, -0.05) is 0 Å². The van der Waals surface area contributed by atoms with E-state index < -0.39 is 12.1 Å². The van der Waals surface area contributed by atoms with E-state index in [9.17, 15) is 9.59 Å². The van der Waals surface area contributed by atoms with Crippen LogP contribution in [0.15, 0.2) is 12.1 Å². The first kappa shape index (κ1) is 17.6. The van der Waals surface area contributed by atoms with E-state index in [0.717, 1.165) is 11.1 Å². The fourth-order valence-corrected chi connectivity index (χ4v) is 2.16. The molecular formula is C15H23N3O4. The number of carbonyl (C=O) groups is 2. The zero-order valence-corrected chi connectivity index (χ0v) is 13.5. The van der Waals surface area contributed by atoms with E-state index in [1.807, 2.05) is 26.0 Å². The predicted molar refractivity (Wildman–Crippen MR) is 83.0 cm³/mol. The first-order chi connectivity index (χ1) is 10.3. The summed E-state index contributed by atoms with van der Waals surface area (Å²) < 4.78 is 10.5. The molecule has 0 heterocycles. The van der Waals surface area contributed by atoms with Crippen LogP contribution in [-0.2, 0) is 4.79 Å². The smallest absolute Gasteiger partial charge is 0.312 e. The molecule has 0 aliphatic rings. The lowest BCUT2D eigenvalue weighted by atomic mass is 10.0. The molecule has 1 aromatic rings. The lowest BCUT2D eigenvalue weighted by molar-refractivity contribution is -0.123. The van der Waals surface area contributed by atoms with Crippen molar-refractivity contribution in [1.82, 2.24) is 10.6 Å². The molecule has 1 aromatic carbocycles. The topological polar surface area (TPSA) is 103 Å². The third kappa shape index (κ3) is 4.28. The standard InChI is InChI=1S/C15H23N3O4/c1-8-6-12(21-4)13(22-5)7-11(8)9(2)17-14(19)10(3)18-15(16)20/h6-7,9-10H,1-5H3,(H,17,19)(H3,16,18,20)/t9-,10-/m0/s1. The summed E-state index contributed by atoms with van der Waals surface area (Å²) in [4.78, 5) is 22.8. The molecule has 0 bridgehead atoms. The number of urea groups is 1. The highest BCUT2D eigenvalue weighted by atomic mass is 16.5. The minimum atomic E-state index is -0.738. The van der Waals surface area contributed by atoms with Crippen LogP contribution in [-0.4, -0.2) is 32.2 Å². The molecule has 0 saturated carbocycles. The van der Waals surface area contributed by atoms with Crippen molar-refractivity contribution in [3.05, 3.63) is 23.3 Å². The Labute approximate surface area is 130 Å². The number of primary amides is 1. The number of ether oxygens (including phenoxy) is 2. The maximum absolute atomic E-state index is 12.0. The van der Waals surface area contributed by atoms with Crippen molar-refractivity contribution in [2.75, 3.05) is 14.2 Å². The summed E-state index contributed by atoms with van der Waals surface area (Å²) in [6.07, 6.45) is 0. The van der Waals surface area contributed by atoms with Crippen LogP contribution in [0.25, 0.3) is 0 Å². The Kier molecular flexibility index (Phi) is 6.03. The quantitative estimate of drug-likeness (QED) is 0.735. The molecule has 0 saturated heterocycles. The van der Waals surface area contributed by atoms with Crippen LogP contribution in [0.2, 0.25) is 0 Å². The largest absolute Gasteiger partial charge is 0.493 e. The van der Waals surface area contributed by atoms with Crippen molar-refractivity contribution in [3.8, 4) is 11.5 Å². The van der Waals surface area contributed by atoms with Gasteiger partial charge in [-0.05, 0) is 44.0 Å². The zero-order valence-electron chi connectivity index (χ0n) is 13.5. The minimum absolute atomic E-state index is 0.260. The Morgan fingerprint density at radius 2 is 1.64 bits per heavy atom. The third-order valence-electron chi connectivity index (χ3n) is 3.35. The van der Waals surface area contributed by atoms with Crippen molar-refractivity contribution in [2.45, 2.75) is 32.9 Å². The molecule has 22 heavy (non-hydrogen) atoms. The molecular weight excluding hydrogens is 286 g/mol. The number of methoxy groups -OCH3 is 2. The molecule has 0 aromatic heterocycles. The van der Waals surface area contributed by atoms with Gasteiger partial charge in [-0.3, -0.25) is 4.79 Å². The van der Waals surface area contributed by atoms with Crippen LogP contribution in [0.5, 0.6) is 11.5 Å². The normalized spacial score (nSPS) is 13.0. The third-order valence-corrected chi connectivity index (χ3v) is 3.35. The second-order valence-electron chi connectivity index (χ2n) is 5.02. The molecule has 122 valence electrons. The Morgan fingerprint density at radius 1 is 1.09 bits per heavy atom. The number of benzene rings is 1. The fourth-order valence-electron chi connectivity index (χ4n) is 2.16. The van der Waals surface area contributed by atoms with Gasteiger partial charge in [0.25, 0.3) is 0 Å². The molecule has 0 spiro atoms. The van der Waals surface area contributed by atoms with E-state index in [-0.39, 0.29) is 11.9 Å². The molecule has 0 aliphatic carbocycles. The summed E-state index contributed by atoms with van der Waals surface area (Å²) in [6, 6.07) is 1.97. The van der Waals surface area contributed by atoms with Gasteiger partial charge in [-0.2, -0.15) is 0 Å². The highest BCUT2D eigenvalue weighted by Gasteiger charge is 2.19. The van der Waals surface area contributed by atoms with Gasteiger partial charge >= 0.3 is 6.03 Å². The fraction of sp³-hybridized carbons (Fsp3) is 0.467. The number of hydrogen-bond acceptors (Lipinski definition) is 4. The lowest BCUT2D eigenvalue weighted by Gasteiger charge is -2.21. The number of carbonyl (C=O) groups excluding carboxylic acids is 2. The van der Waals surface area contributed by atoms with E-state index in [4.69, 9.17) is 15.2 Å². The maximum Gasteiger partial charge on any atom is 0.312 e. The van der Waals surface area contributed by atoms with E-state index in [1.54, 1.807) is 21.1 Å². The van der Waals surface area contributed by atoms with Crippen molar-refractivity contribution >= 4 is 11.9 Å². The summed E-state index contributed by atoms with van der Waals surface area (Å²) in [6.45, 7) is 5.34. The molecule has 3 amide bonds. The Morgan fingerprint density at radius 3 is 2.14 bits per heavy atom.